The number of halogens is 6. The van der Waals surface area contributed by atoms with Crippen molar-refractivity contribution < 1.29 is 26.3 Å². The lowest BCUT2D eigenvalue weighted by Gasteiger charge is -2.36. The molecule has 0 radical (unpaired) electrons. The van der Waals surface area contributed by atoms with Gasteiger partial charge in [0.05, 0.1) is 5.92 Å². The monoisotopic (exact) mass is 320 g/mol. The maximum atomic E-state index is 13.0. The Bertz CT molecular complexity index is 311. The van der Waals surface area contributed by atoms with E-state index >= 15 is 0 Å². The zero-order valence-electron chi connectivity index (χ0n) is 12.2. The Morgan fingerprint density at radius 3 is 2.00 bits per heavy atom. The summed E-state index contributed by atoms with van der Waals surface area (Å²) < 4.78 is 76.1. The summed E-state index contributed by atoms with van der Waals surface area (Å²) >= 11 is 0. The summed E-state index contributed by atoms with van der Waals surface area (Å²) in [5.41, 5.74) is 0. The molecule has 0 aromatic rings. The molecule has 0 spiro atoms. The third kappa shape index (κ3) is 6.02. The van der Waals surface area contributed by atoms with E-state index in [9.17, 15) is 26.3 Å². The summed E-state index contributed by atoms with van der Waals surface area (Å²) in [6.45, 7) is 2.71. The molecule has 0 aromatic heterocycles. The lowest BCUT2D eigenvalue weighted by atomic mass is 9.98. The van der Waals surface area contributed by atoms with E-state index in [1.54, 1.807) is 0 Å². The van der Waals surface area contributed by atoms with Gasteiger partial charge in [-0.1, -0.05) is 13.3 Å². The molecule has 1 aliphatic rings. The van der Waals surface area contributed by atoms with Crippen molar-refractivity contribution in [1.82, 2.24) is 10.2 Å². The molecule has 1 aliphatic heterocycles. The molecule has 0 amide bonds. The van der Waals surface area contributed by atoms with Crippen LogP contribution in [0, 0.1) is 11.8 Å². The van der Waals surface area contributed by atoms with Gasteiger partial charge < -0.3 is 5.32 Å². The second-order valence-corrected chi connectivity index (χ2v) is 5.89. The number of nitrogens with zero attached hydrogens (tertiary/aromatic N) is 1. The Labute approximate surface area is 120 Å². The fourth-order valence-corrected chi connectivity index (χ4v) is 2.43. The van der Waals surface area contributed by atoms with Gasteiger partial charge >= 0.3 is 12.4 Å². The largest absolute Gasteiger partial charge is 0.404 e. The third-order valence-corrected chi connectivity index (χ3v) is 4.00. The zero-order valence-corrected chi connectivity index (χ0v) is 12.2. The highest BCUT2D eigenvalue weighted by molar-refractivity contribution is 4.83. The first-order valence-electron chi connectivity index (χ1n) is 7.06. The summed E-state index contributed by atoms with van der Waals surface area (Å²) in [5, 5.41) is 2.99. The first-order chi connectivity index (χ1) is 9.51. The average Bonchev–Trinajstić information content (AvgIpc) is 2.25. The van der Waals surface area contributed by atoms with E-state index in [2.05, 4.69) is 5.32 Å². The molecule has 21 heavy (non-hydrogen) atoms. The van der Waals surface area contributed by atoms with E-state index in [0.29, 0.717) is 19.6 Å². The lowest BCUT2D eigenvalue weighted by Crippen LogP contribution is -2.52. The zero-order chi connectivity index (χ0) is 16.3. The van der Waals surface area contributed by atoms with Gasteiger partial charge in [0, 0.05) is 19.6 Å². The van der Waals surface area contributed by atoms with Crippen LogP contribution in [0.25, 0.3) is 0 Å². The van der Waals surface area contributed by atoms with E-state index in [1.165, 1.54) is 11.9 Å². The predicted molar refractivity (Wildman–Crippen MR) is 67.9 cm³/mol. The molecule has 1 fully saturated rings. The highest BCUT2D eigenvalue weighted by Crippen LogP contribution is 2.33. The van der Waals surface area contributed by atoms with Crippen molar-refractivity contribution in [1.29, 1.82) is 0 Å². The van der Waals surface area contributed by atoms with Gasteiger partial charge in [-0.05, 0) is 25.8 Å². The van der Waals surface area contributed by atoms with Gasteiger partial charge in [-0.15, -0.1) is 0 Å². The summed E-state index contributed by atoms with van der Waals surface area (Å²) in [7, 11) is 1.39. The predicted octanol–water partition coefficient (Wildman–Crippen LogP) is 3.44. The number of rotatable bonds is 7. The van der Waals surface area contributed by atoms with Gasteiger partial charge in [-0.2, -0.15) is 26.3 Å². The van der Waals surface area contributed by atoms with Crippen molar-refractivity contribution >= 4 is 0 Å². The summed E-state index contributed by atoms with van der Waals surface area (Å²) in [6.07, 6.45) is -9.39. The van der Waals surface area contributed by atoms with Crippen molar-refractivity contribution in [2.24, 2.45) is 11.8 Å². The lowest BCUT2D eigenvalue weighted by molar-refractivity contribution is -0.186. The second-order valence-electron chi connectivity index (χ2n) is 5.89. The fourth-order valence-electron chi connectivity index (χ4n) is 2.43. The van der Waals surface area contributed by atoms with Gasteiger partial charge in [0.1, 0.15) is 6.04 Å². The Hall–Kier alpha value is -0.500. The molecule has 1 heterocycles. The number of alkyl halides is 6. The van der Waals surface area contributed by atoms with E-state index in [0.717, 1.165) is 6.92 Å². The minimum atomic E-state index is -4.41. The van der Waals surface area contributed by atoms with Gasteiger partial charge in [-0.3, -0.25) is 4.90 Å². The standard InChI is InChI=1S/C13H22F6N2/c1-9(12(14,15)16)4-3-5-11(13(17,18)19)21(2)8-10-6-20-7-10/h9-11,20H,3-8H2,1-2H3. The van der Waals surface area contributed by atoms with Crippen LogP contribution in [0.4, 0.5) is 26.3 Å². The van der Waals surface area contributed by atoms with E-state index in [4.69, 9.17) is 0 Å². The van der Waals surface area contributed by atoms with Crippen LogP contribution in [0.5, 0.6) is 0 Å². The van der Waals surface area contributed by atoms with Crippen molar-refractivity contribution in [2.75, 3.05) is 26.7 Å². The second kappa shape index (κ2) is 7.17. The first-order valence-corrected chi connectivity index (χ1v) is 7.06. The van der Waals surface area contributed by atoms with Crippen LogP contribution in [0.15, 0.2) is 0 Å². The molecule has 0 saturated carbocycles. The third-order valence-electron chi connectivity index (χ3n) is 4.00. The molecule has 1 N–H and O–H groups in total. The van der Waals surface area contributed by atoms with E-state index in [-0.39, 0.29) is 25.2 Å². The first kappa shape index (κ1) is 18.5. The molecule has 2 unspecified atom stereocenters. The smallest absolute Gasteiger partial charge is 0.316 e. The van der Waals surface area contributed by atoms with Crippen LogP contribution in [-0.2, 0) is 0 Å². The van der Waals surface area contributed by atoms with Crippen LogP contribution in [0.3, 0.4) is 0 Å². The van der Waals surface area contributed by atoms with Crippen molar-refractivity contribution in [2.45, 2.75) is 44.6 Å². The van der Waals surface area contributed by atoms with Crippen LogP contribution < -0.4 is 5.32 Å². The molecular formula is C13H22F6N2. The fraction of sp³-hybridized carbons (Fsp3) is 1.00. The molecule has 0 aromatic carbocycles. The molecule has 8 heteroatoms. The van der Waals surface area contributed by atoms with Crippen LogP contribution in [0.1, 0.15) is 26.2 Å². The van der Waals surface area contributed by atoms with Crippen LogP contribution in [0.2, 0.25) is 0 Å². The van der Waals surface area contributed by atoms with Gasteiger partial charge in [0.25, 0.3) is 0 Å². The highest BCUT2D eigenvalue weighted by Gasteiger charge is 2.43. The molecular weight excluding hydrogens is 298 g/mol. The summed E-state index contributed by atoms with van der Waals surface area (Å²) in [4.78, 5) is 1.23. The molecule has 0 aliphatic carbocycles. The molecule has 0 bridgehead atoms. The van der Waals surface area contributed by atoms with Crippen molar-refractivity contribution in [3.63, 3.8) is 0 Å². The van der Waals surface area contributed by atoms with Crippen molar-refractivity contribution in [3.05, 3.63) is 0 Å². The summed E-state index contributed by atoms with van der Waals surface area (Å²) in [6, 6.07) is -1.67. The topological polar surface area (TPSA) is 15.3 Å². The molecule has 1 saturated heterocycles. The Kier molecular flexibility index (Phi) is 6.34. The quantitative estimate of drug-likeness (QED) is 0.723. The molecule has 2 atom stereocenters. The number of hydrogen-bond donors (Lipinski definition) is 1. The minimum Gasteiger partial charge on any atom is -0.316 e. The molecule has 126 valence electrons. The molecule has 1 rings (SSSR count). The van der Waals surface area contributed by atoms with Crippen molar-refractivity contribution in [3.8, 4) is 0 Å². The summed E-state index contributed by atoms with van der Waals surface area (Å²) in [5.74, 6) is -1.37. The Morgan fingerprint density at radius 1 is 1.05 bits per heavy atom. The van der Waals surface area contributed by atoms with Gasteiger partial charge in [0.2, 0.25) is 0 Å². The number of hydrogen-bond acceptors (Lipinski definition) is 2. The Morgan fingerprint density at radius 2 is 1.62 bits per heavy atom. The average molecular weight is 320 g/mol. The van der Waals surface area contributed by atoms with E-state index in [1.807, 2.05) is 0 Å². The van der Waals surface area contributed by atoms with Crippen LogP contribution in [-0.4, -0.2) is 50.0 Å². The normalized spacial score (nSPS) is 20.4. The van der Waals surface area contributed by atoms with Gasteiger partial charge in [0.15, 0.2) is 0 Å². The number of nitrogens with one attached hydrogen (secondary N) is 1. The minimum absolute atomic E-state index is 0.0852. The van der Waals surface area contributed by atoms with Crippen LogP contribution >= 0.6 is 0 Å². The maximum absolute atomic E-state index is 13.0. The van der Waals surface area contributed by atoms with Gasteiger partial charge in [-0.25, -0.2) is 0 Å². The van der Waals surface area contributed by atoms with E-state index < -0.39 is 24.3 Å². The molecule has 2 nitrogen and oxygen atoms in total. The maximum Gasteiger partial charge on any atom is 0.404 e. The Balaban J connectivity index is 2.46. The highest BCUT2D eigenvalue weighted by atomic mass is 19.4. The SMILES string of the molecule is CC(CCCC(N(C)CC1CNC1)C(F)(F)F)C(F)(F)F.